The zero-order chi connectivity index (χ0) is 21.5. The standard InChI is InChI=1S/C21H22ClFN4O2S/c1-3-27(12-15-7-6-8-16(23)11-15)20(28)14-30-21-25-24-19(26(21)2)13-29-18-10-5-4-9-17(18)22/h4-11H,3,12-14H2,1-2H3. The van der Waals surface area contributed by atoms with E-state index in [-0.39, 0.29) is 24.1 Å². The van der Waals surface area contributed by atoms with E-state index in [9.17, 15) is 9.18 Å². The third-order valence-electron chi connectivity index (χ3n) is 4.44. The van der Waals surface area contributed by atoms with Gasteiger partial charge in [-0.15, -0.1) is 10.2 Å². The van der Waals surface area contributed by atoms with Crippen LogP contribution in [0.1, 0.15) is 18.3 Å². The van der Waals surface area contributed by atoms with Crippen molar-refractivity contribution < 1.29 is 13.9 Å². The summed E-state index contributed by atoms with van der Waals surface area (Å²) in [5.74, 6) is 1.04. The monoisotopic (exact) mass is 448 g/mol. The highest BCUT2D eigenvalue weighted by molar-refractivity contribution is 7.99. The first kappa shape index (κ1) is 22.1. The molecule has 0 radical (unpaired) electrons. The predicted octanol–water partition coefficient (Wildman–Crippen LogP) is 4.33. The summed E-state index contributed by atoms with van der Waals surface area (Å²) < 4.78 is 20.9. The van der Waals surface area contributed by atoms with Gasteiger partial charge in [0.25, 0.3) is 0 Å². The van der Waals surface area contributed by atoms with Gasteiger partial charge < -0.3 is 14.2 Å². The number of benzene rings is 2. The highest BCUT2D eigenvalue weighted by atomic mass is 35.5. The smallest absolute Gasteiger partial charge is 0.233 e. The van der Waals surface area contributed by atoms with Gasteiger partial charge in [-0.3, -0.25) is 4.79 Å². The van der Waals surface area contributed by atoms with Crippen molar-refractivity contribution in [2.75, 3.05) is 12.3 Å². The molecule has 0 saturated carbocycles. The predicted molar refractivity (Wildman–Crippen MR) is 115 cm³/mol. The topological polar surface area (TPSA) is 60.3 Å². The number of amides is 1. The molecule has 0 aliphatic carbocycles. The minimum Gasteiger partial charge on any atom is -0.484 e. The minimum absolute atomic E-state index is 0.0522. The van der Waals surface area contributed by atoms with Gasteiger partial charge in [0.15, 0.2) is 11.0 Å². The summed E-state index contributed by atoms with van der Waals surface area (Å²) in [5.41, 5.74) is 0.757. The molecule has 1 amide bonds. The van der Waals surface area contributed by atoms with Crippen LogP contribution in [0.15, 0.2) is 53.7 Å². The van der Waals surface area contributed by atoms with Crippen LogP contribution < -0.4 is 4.74 Å². The number of hydrogen-bond acceptors (Lipinski definition) is 5. The second kappa shape index (κ2) is 10.4. The van der Waals surface area contributed by atoms with Crippen molar-refractivity contribution in [3.63, 3.8) is 0 Å². The van der Waals surface area contributed by atoms with E-state index in [4.69, 9.17) is 16.3 Å². The Morgan fingerprint density at radius 3 is 2.77 bits per heavy atom. The summed E-state index contributed by atoms with van der Waals surface area (Å²) in [6.07, 6.45) is 0. The molecular weight excluding hydrogens is 427 g/mol. The van der Waals surface area contributed by atoms with Gasteiger partial charge in [-0.05, 0) is 36.8 Å². The lowest BCUT2D eigenvalue weighted by Crippen LogP contribution is -2.31. The minimum atomic E-state index is -0.309. The molecule has 3 aromatic rings. The van der Waals surface area contributed by atoms with Gasteiger partial charge in [0, 0.05) is 20.1 Å². The Kier molecular flexibility index (Phi) is 7.70. The Morgan fingerprint density at radius 2 is 2.03 bits per heavy atom. The van der Waals surface area contributed by atoms with Crippen molar-refractivity contribution in [2.24, 2.45) is 7.05 Å². The molecule has 0 aliphatic rings. The molecule has 30 heavy (non-hydrogen) atoms. The molecule has 0 aliphatic heterocycles. The Labute approximate surface area is 184 Å². The number of carbonyl (C=O) groups is 1. The normalized spacial score (nSPS) is 10.8. The molecule has 0 N–H and O–H groups in total. The van der Waals surface area contributed by atoms with Crippen molar-refractivity contribution >= 4 is 29.3 Å². The first-order valence-corrected chi connectivity index (χ1v) is 10.7. The maximum atomic E-state index is 13.4. The highest BCUT2D eigenvalue weighted by Gasteiger charge is 2.16. The summed E-state index contributed by atoms with van der Waals surface area (Å²) in [7, 11) is 1.82. The van der Waals surface area contributed by atoms with Crippen LogP contribution >= 0.6 is 23.4 Å². The fraction of sp³-hybridized carbons (Fsp3) is 0.286. The molecule has 0 fully saturated rings. The maximum Gasteiger partial charge on any atom is 0.233 e. The van der Waals surface area contributed by atoms with E-state index in [0.29, 0.717) is 34.8 Å². The van der Waals surface area contributed by atoms with Gasteiger partial charge in [0.05, 0.1) is 10.8 Å². The summed E-state index contributed by atoms with van der Waals surface area (Å²) >= 11 is 7.40. The second-order valence-corrected chi connectivity index (χ2v) is 7.85. The van der Waals surface area contributed by atoms with Crippen LogP contribution in [0.4, 0.5) is 4.39 Å². The number of carbonyl (C=O) groups excluding carboxylic acids is 1. The molecule has 3 rings (SSSR count). The SMILES string of the molecule is CCN(Cc1cccc(F)c1)C(=O)CSc1nnc(COc2ccccc2Cl)n1C. The number of nitrogens with zero attached hydrogens (tertiary/aromatic N) is 4. The molecule has 0 unspecified atom stereocenters. The van der Waals surface area contributed by atoms with Crippen molar-refractivity contribution in [3.8, 4) is 5.75 Å². The lowest BCUT2D eigenvalue weighted by molar-refractivity contribution is -0.128. The molecule has 158 valence electrons. The lowest BCUT2D eigenvalue weighted by atomic mass is 10.2. The molecule has 1 aromatic heterocycles. The number of hydrogen-bond donors (Lipinski definition) is 0. The summed E-state index contributed by atoms with van der Waals surface area (Å²) in [6, 6.07) is 13.5. The van der Waals surface area contributed by atoms with Gasteiger partial charge in [-0.2, -0.15) is 0 Å². The largest absolute Gasteiger partial charge is 0.484 e. The quantitative estimate of drug-likeness (QED) is 0.456. The Bertz CT molecular complexity index is 1010. The van der Waals surface area contributed by atoms with Gasteiger partial charge in [0.2, 0.25) is 5.91 Å². The van der Waals surface area contributed by atoms with E-state index < -0.39 is 0 Å². The molecule has 9 heteroatoms. The second-order valence-electron chi connectivity index (χ2n) is 6.50. The van der Waals surface area contributed by atoms with Crippen LogP contribution in [-0.4, -0.2) is 37.9 Å². The van der Waals surface area contributed by atoms with Crippen LogP contribution in [0.2, 0.25) is 5.02 Å². The van der Waals surface area contributed by atoms with Crippen molar-refractivity contribution in [1.82, 2.24) is 19.7 Å². The Balaban J connectivity index is 1.56. The summed E-state index contributed by atoms with van der Waals surface area (Å²) in [4.78, 5) is 14.3. The van der Waals surface area contributed by atoms with Crippen molar-refractivity contribution in [3.05, 3.63) is 70.8 Å². The van der Waals surface area contributed by atoms with Crippen LogP contribution in [0, 0.1) is 5.82 Å². The number of thioether (sulfide) groups is 1. The Morgan fingerprint density at radius 1 is 1.23 bits per heavy atom. The van der Waals surface area contributed by atoms with Gasteiger partial charge in [-0.1, -0.05) is 47.6 Å². The van der Waals surface area contributed by atoms with Crippen LogP contribution in [0.5, 0.6) is 5.75 Å². The highest BCUT2D eigenvalue weighted by Crippen LogP contribution is 2.24. The number of rotatable bonds is 9. The zero-order valence-electron chi connectivity index (χ0n) is 16.7. The van der Waals surface area contributed by atoms with E-state index in [1.54, 1.807) is 33.7 Å². The Hall–Kier alpha value is -2.58. The first-order valence-electron chi connectivity index (χ1n) is 9.38. The number of aromatic nitrogens is 3. The molecule has 0 bridgehead atoms. The van der Waals surface area contributed by atoms with Crippen molar-refractivity contribution in [2.45, 2.75) is 25.2 Å². The molecule has 0 saturated heterocycles. The van der Waals surface area contributed by atoms with E-state index in [2.05, 4.69) is 10.2 Å². The molecular formula is C21H22ClFN4O2S. The molecule has 0 atom stereocenters. The van der Waals surface area contributed by atoms with Crippen LogP contribution in [0.25, 0.3) is 0 Å². The average Bonchev–Trinajstić information content (AvgIpc) is 3.09. The van der Waals surface area contributed by atoms with Crippen molar-refractivity contribution in [1.29, 1.82) is 0 Å². The van der Waals surface area contributed by atoms with Gasteiger partial charge in [-0.25, -0.2) is 4.39 Å². The van der Waals surface area contributed by atoms with E-state index in [1.165, 1.54) is 23.9 Å². The molecule has 6 nitrogen and oxygen atoms in total. The third kappa shape index (κ3) is 5.73. The fourth-order valence-corrected chi connectivity index (χ4v) is 3.77. The number of para-hydroxylation sites is 1. The first-order chi connectivity index (χ1) is 14.5. The number of halogens is 2. The zero-order valence-corrected chi connectivity index (χ0v) is 18.3. The summed E-state index contributed by atoms with van der Waals surface area (Å²) in [6.45, 7) is 3.01. The van der Waals surface area contributed by atoms with E-state index >= 15 is 0 Å². The fourth-order valence-electron chi connectivity index (χ4n) is 2.75. The van der Waals surface area contributed by atoms with E-state index in [1.807, 2.05) is 26.1 Å². The summed E-state index contributed by atoms with van der Waals surface area (Å²) in [5, 5.41) is 9.42. The average molecular weight is 449 g/mol. The van der Waals surface area contributed by atoms with Crippen LogP contribution in [0.3, 0.4) is 0 Å². The molecule has 1 heterocycles. The van der Waals surface area contributed by atoms with Gasteiger partial charge >= 0.3 is 0 Å². The molecule has 2 aromatic carbocycles. The third-order valence-corrected chi connectivity index (χ3v) is 5.76. The van der Waals surface area contributed by atoms with Crippen LogP contribution in [-0.2, 0) is 25.0 Å². The lowest BCUT2D eigenvalue weighted by Gasteiger charge is -2.20. The van der Waals surface area contributed by atoms with E-state index in [0.717, 1.165) is 5.56 Å². The van der Waals surface area contributed by atoms with Gasteiger partial charge in [0.1, 0.15) is 18.2 Å². The maximum absolute atomic E-state index is 13.4. The number of ether oxygens (including phenoxy) is 1. The molecule has 0 spiro atoms.